The van der Waals surface area contributed by atoms with Crippen LogP contribution in [0.1, 0.15) is 11.1 Å². The summed E-state index contributed by atoms with van der Waals surface area (Å²) in [4.78, 5) is 10.7. The smallest absolute Gasteiger partial charge is 0.416 e. The molecule has 1 aromatic carbocycles. The van der Waals surface area contributed by atoms with E-state index >= 15 is 0 Å². The maximum Gasteiger partial charge on any atom is 0.416 e. The third kappa shape index (κ3) is 4.30. The van der Waals surface area contributed by atoms with Crippen LogP contribution in [0.4, 0.5) is 13.2 Å². The summed E-state index contributed by atoms with van der Waals surface area (Å²) in [6.07, 6.45) is -1.46. The zero-order valence-corrected chi connectivity index (χ0v) is 9.12. The fourth-order valence-electron chi connectivity index (χ4n) is 1.23. The number of methoxy groups -OCH3 is 1. The summed E-state index contributed by atoms with van der Waals surface area (Å²) in [5.41, 5.74) is -0.207. The van der Waals surface area contributed by atoms with E-state index in [-0.39, 0.29) is 6.42 Å². The van der Waals surface area contributed by atoms with Crippen LogP contribution in [0.5, 0.6) is 0 Å². The number of allylic oxidation sites excluding steroid dienone is 1. The van der Waals surface area contributed by atoms with E-state index < -0.39 is 17.7 Å². The van der Waals surface area contributed by atoms with Gasteiger partial charge in [0.1, 0.15) is 0 Å². The first kappa shape index (κ1) is 13.3. The molecular formula is C12H11F3O2. The van der Waals surface area contributed by atoms with Crippen molar-refractivity contribution in [2.24, 2.45) is 0 Å². The van der Waals surface area contributed by atoms with Gasteiger partial charge in [-0.15, -0.1) is 0 Å². The van der Waals surface area contributed by atoms with E-state index in [0.717, 1.165) is 12.1 Å². The lowest BCUT2D eigenvalue weighted by atomic mass is 10.1. The molecule has 1 aromatic rings. The minimum Gasteiger partial charge on any atom is -0.466 e. The van der Waals surface area contributed by atoms with E-state index in [1.54, 1.807) is 6.07 Å². The number of carbonyl (C=O) groups excluding carboxylic acids is 1. The first-order chi connectivity index (χ1) is 7.93. The molecule has 0 saturated heterocycles. The predicted molar refractivity (Wildman–Crippen MR) is 56.3 cm³/mol. The molecule has 92 valence electrons. The zero-order chi connectivity index (χ0) is 12.9. The minimum absolute atomic E-state index is 0.249. The molecule has 0 bridgehead atoms. The Kier molecular flexibility index (Phi) is 4.31. The van der Waals surface area contributed by atoms with Gasteiger partial charge in [-0.25, -0.2) is 4.79 Å². The van der Waals surface area contributed by atoms with Gasteiger partial charge in [0.2, 0.25) is 0 Å². The van der Waals surface area contributed by atoms with Crippen molar-refractivity contribution in [3.63, 3.8) is 0 Å². The summed E-state index contributed by atoms with van der Waals surface area (Å²) in [5, 5.41) is 0. The zero-order valence-electron chi connectivity index (χ0n) is 9.12. The molecule has 0 saturated carbocycles. The van der Waals surface area contributed by atoms with E-state index in [1.165, 1.54) is 25.3 Å². The van der Waals surface area contributed by atoms with Crippen molar-refractivity contribution in [1.82, 2.24) is 0 Å². The topological polar surface area (TPSA) is 26.3 Å². The molecule has 0 aliphatic heterocycles. The largest absolute Gasteiger partial charge is 0.466 e. The Bertz CT molecular complexity index is 422. The van der Waals surface area contributed by atoms with Crippen molar-refractivity contribution >= 4 is 5.97 Å². The monoisotopic (exact) mass is 244 g/mol. The molecule has 5 heteroatoms. The Labute approximate surface area is 96.7 Å². The summed E-state index contributed by atoms with van der Waals surface area (Å²) >= 11 is 0. The molecule has 0 aromatic heterocycles. The number of hydrogen-bond donors (Lipinski definition) is 0. The van der Waals surface area contributed by atoms with Crippen LogP contribution in [0.15, 0.2) is 36.4 Å². The fourth-order valence-corrected chi connectivity index (χ4v) is 1.23. The number of rotatable bonds is 3. The van der Waals surface area contributed by atoms with Gasteiger partial charge in [-0.1, -0.05) is 24.3 Å². The van der Waals surface area contributed by atoms with Crippen LogP contribution in [0.3, 0.4) is 0 Å². The average molecular weight is 244 g/mol. The van der Waals surface area contributed by atoms with E-state index in [9.17, 15) is 18.0 Å². The molecule has 0 fully saturated rings. The third-order valence-corrected chi connectivity index (χ3v) is 2.06. The lowest BCUT2D eigenvalue weighted by Crippen LogP contribution is -2.05. The van der Waals surface area contributed by atoms with Gasteiger partial charge in [0.05, 0.1) is 12.7 Å². The maximum absolute atomic E-state index is 12.4. The SMILES string of the molecule is COC(=O)C=CCc1cccc(C(F)(F)F)c1. The van der Waals surface area contributed by atoms with Gasteiger partial charge in [0.15, 0.2) is 0 Å². The highest BCUT2D eigenvalue weighted by atomic mass is 19.4. The molecule has 0 radical (unpaired) electrons. The maximum atomic E-state index is 12.4. The van der Waals surface area contributed by atoms with Crippen LogP contribution >= 0.6 is 0 Å². The van der Waals surface area contributed by atoms with E-state index in [2.05, 4.69) is 4.74 Å². The highest BCUT2D eigenvalue weighted by Crippen LogP contribution is 2.29. The molecule has 0 N–H and O–H groups in total. The normalized spacial score (nSPS) is 11.8. The Morgan fingerprint density at radius 3 is 2.71 bits per heavy atom. The van der Waals surface area contributed by atoms with Gasteiger partial charge in [0, 0.05) is 6.08 Å². The second kappa shape index (κ2) is 5.52. The number of ether oxygens (including phenoxy) is 1. The van der Waals surface area contributed by atoms with Crippen LogP contribution in [0.25, 0.3) is 0 Å². The Morgan fingerprint density at radius 1 is 1.41 bits per heavy atom. The first-order valence-corrected chi connectivity index (χ1v) is 4.84. The Balaban J connectivity index is 2.73. The summed E-state index contributed by atoms with van der Waals surface area (Å²) in [6.45, 7) is 0. The molecule has 0 spiro atoms. The van der Waals surface area contributed by atoms with Crippen molar-refractivity contribution in [3.05, 3.63) is 47.5 Å². The van der Waals surface area contributed by atoms with Crippen molar-refractivity contribution in [3.8, 4) is 0 Å². The van der Waals surface area contributed by atoms with Gasteiger partial charge in [-0.2, -0.15) is 13.2 Å². The van der Waals surface area contributed by atoms with Crippen LogP contribution < -0.4 is 0 Å². The first-order valence-electron chi connectivity index (χ1n) is 4.84. The van der Waals surface area contributed by atoms with Gasteiger partial charge < -0.3 is 4.74 Å². The Morgan fingerprint density at radius 2 is 2.12 bits per heavy atom. The lowest BCUT2D eigenvalue weighted by Gasteiger charge is -2.07. The van der Waals surface area contributed by atoms with Crippen molar-refractivity contribution in [1.29, 1.82) is 0 Å². The summed E-state index contributed by atoms with van der Waals surface area (Å²) in [7, 11) is 1.23. The van der Waals surface area contributed by atoms with Crippen molar-refractivity contribution < 1.29 is 22.7 Å². The third-order valence-electron chi connectivity index (χ3n) is 2.06. The number of alkyl halides is 3. The average Bonchev–Trinajstić information content (AvgIpc) is 2.28. The lowest BCUT2D eigenvalue weighted by molar-refractivity contribution is -0.137. The summed E-state index contributed by atoms with van der Waals surface area (Å²) in [6, 6.07) is 4.97. The molecule has 0 aliphatic carbocycles. The number of esters is 1. The van der Waals surface area contributed by atoms with Crippen LogP contribution in [-0.4, -0.2) is 13.1 Å². The van der Waals surface area contributed by atoms with Crippen molar-refractivity contribution in [2.75, 3.05) is 7.11 Å². The van der Waals surface area contributed by atoms with E-state index in [1.807, 2.05) is 0 Å². The van der Waals surface area contributed by atoms with Gasteiger partial charge in [0.25, 0.3) is 0 Å². The number of benzene rings is 1. The highest BCUT2D eigenvalue weighted by Gasteiger charge is 2.30. The second-order valence-electron chi connectivity index (χ2n) is 3.33. The van der Waals surface area contributed by atoms with Crippen LogP contribution in [-0.2, 0) is 22.1 Å². The van der Waals surface area contributed by atoms with Gasteiger partial charge in [-0.3, -0.25) is 0 Å². The summed E-state index contributed by atoms with van der Waals surface area (Å²) in [5.74, 6) is -0.531. The van der Waals surface area contributed by atoms with Crippen molar-refractivity contribution in [2.45, 2.75) is 12.6 Å². The number of carbonyl (C=O) groups is 1. The molecular weight excluding hydrogens is 233 g/mol. The van der Waals surface area contributed by atoms with Crippen LogP contribution in [0, 0.1) is 0 Å². The highest BCUT2D eigenvalue weighted by molar-refractivity contribution is 5.81. The molecule has 17 heavy (non-hydrogen) atoms. The standard InChI is InChI=1S/C12H11F3O2/c1-17-11(16)7-3-5-9-4-2-6-10(8-9)12(13,14)15/h2-4,6-8H,5H2,1H3. The molecule has 0 heterocycles. The van der Waals surface area contributed by atoms with Gasteiger partial charge in [-0.05, 0) is 18.1 Å². The van der Waals surface area contributed by atoms with Gasteiger partial charge >= 0.3 is 12.1 Å². The van der Waals surface area contributed by atoms with E-state index in [0.29, 0.717) is 5.56 Å². The number of halogens is 3. The molecule has 1 rings (SSSR count). The predicted octanol–water partition coefficient (Wildman–Crippen LogP) is 2.98. The minimum atomic E-state index is -4.35. The second-order valence-corrected chi connectivity index (χ2v) is 3.33. The fraction of sp³-hybridized carbons (Fsp3) is 0.250. The van der Waals surface area contributed by atoms with Crippen LogP contribution in [0.2, 0.25) is 0 Å². The molecule has 0 unspecified atom stereocenters. The Hall–Kier alpha value is -1.78. The summed E-state index contributed by atoms with van der Waals surface area (Å²) < 4.78 is 41.5. The van der Waals surface area contributed by atoms with E-state index in [4.69, 9.17) is 0 Å². The molecule has 0 amide bonds. The number of hydrogen-bond acceptors (Lipinski definition) is 2. The molecule has 0 atom stereocenters. The molecule has 0 aliphatic rings. The quantitative estimate of drug-likeness (QED) is 0.603. The molecule has 2 nitrogen and oxygen atoms in total.